The van der Waals surface area contributed by atoms with Crippen LogP contribution >= 0.6 is 11.8 Å². The maximum atomic E-state index is 13.1. The van der Waals surface area contributed by atoms with Crippen LogP contribution in [0, 0.1) is 11.8 Å². The Morgan fingerprint density at radius 2 is 2.11 bits per heavy atom. The van der Waals surface area contributed by atoms with Gasteiger partial charge in [0.05, 0.1) is 24.5 Å². The third-order valence-corrected chi connectivity index (χ3v) is 8.61. The Kier molecular flexibility index (Phi) is 7.43. The van der Waals surface area contributed by atoms with Crippen molar-refractivity contribution in [2.75, 3.05) is 20.6 Å². The molecule has 4 heterocycles. The number of hydrogen-bond donors (Lipinski definition) is 4. The summed E-state index contributed by atoms with van der Waals surface area (Å²) in [7, 11) is 3.41. The molecule has 1 aromatic heterocycles. The van der Waals surface area contributed by atoms with Gasteiger partial charge in [0.25, 0.3) is 0 Å². The Morgan fingerprint density at radius 1 is 1.39 bits per heavy atom. The summed E-state index contributed by atoms with van der Waals surface area (Å²) in [5, 5.41) is 20.1. The number of carboxylic acids is 1. The van der Waals surface area contributed by atoms with E-state index in [9.17, 15) is 24.3 Å². The number of β-lactam (4-membered cyclic amide) rings is 1. The number of aromatic nitrogens is 2. The third-order valence-electron chi connectivity index (χ3n) is 7.10. The van der Waals surface area contributed by atoms with Crippen molar-refractivity contribution in [2.45, 2.75) is 56.2 Å². The molecule has 7 atom stereocenters. The molecule has 2 saturated heterocycles. The topological polar surface area (TPSA) is 163 Å². The first-order valence-corrected chi connectivity index (χ1v) is 12.8. The van der Waals surface area contributed by atoms with Crippen LogP contribution in [-0.2, 0) is 25.7 Å². The maximum Gasteiger partial charge on any atom is 0.353 e. The monoisotopic (exact) mass is 519 g/mol. The van der Waals surface area contributed by atoms with Gasteiger partial charge in [0, 0.05) is 55.1 Å². The number of amides is 3. The van der Waals surface area contributed by atoms with E-state index in [1.807, 2.05) is 6.92 Å². The second kappa shape index (κ2) is 10.2. The zero-order chi connectivity index (χ0) is 26.3. The number of nitrogens with one attached hydrogen (secondary N) is 2. The molecule has 0 radical (unpaired) electrons. The first-order valence-electron chi connectivity index (χ1n) is 12.0. The highest BCUT2D eigenvalue weighted by molar-refractivity contribution is 8.03. The lowest BCUT2D eigenvalue weighted by Gasteiger charge is -2.47. The maximum absolute atomic E-state index is 13.1. The summed E-state index contributed by atoms with van der Waals surface area (Å²) in [4.78, 5) is 53.8. The summed E-state index contributed by atoms with van der Waals surface area (Å²) in [6.45, 7) is 4.43. The summed E-state index contributed by atoms with van der Waals surface area (Å²) in [6.07, 6.45) is 3.88. The molecule has 196 valence electrons. The number of carbonyl (C=O) groups is 4. The minimum atomic E-state index is -1.15. The van der Waals surface area contributed by atoms with Crippen molar-refractivity contribution >= 4 is 35.5 Å². The molecular formula is C23H33N7O5S. The Hall–Kier alpha value is -2.90. The van der Waals surface area contributed by atoms with Gasteiger partial charge in [-0.1, -0.05) is 6.92 Å². The molecule has 2 fully saturated rings. The molecule has 4 unspecified atom stereocenters. The van der Waals surface area contributed by atoms with E-state index < -0.39 is 29.9 Å². The number of carbonyl (C=O) groups excluding carboxylic acids is 3. The molecular weight excluding hydrogens is 486 g/mol. The van der Waals surface area contributed by atoms with E-state index >= 15 is 0 Å². The van der Waals surface area contributed by atoms with Crippen molar-refractivity contribution in [1.82, 2.24) is 30.2 Å². The zero-order valence-corrected chi connectivity index (χ0v) is 21.6. The Balaban J connectivity index is 1.42. The van der Waals surface area contributed by atoms with Crippen LogP contribution in [0.3, 0.4) is 0 Å². The lowest BCUT2D eigenvalue weighted by atomic mass is 9.78. The molecule has 0 aliphatic carbocycles. The zero-order valence-electron chi connectivity index (χ0n) is 20.7. The Labute approximate surface area is 213 Å². The number of fused-ring (bicyclic) bond motifs is 1. The van der Waals surface area contributed by atoms with E-state index in [4.69, 9.17) is 5.73 Å². The third kappa shape index (κ3) is 4.74. The standard InChI is InChI=1S/C23H33N7O5S/c1-11-17-16(12(2)27-20(31)14(24)10-29-7-5-6-26-29)22(33)30(17)18(23(34)35)19(11)36-13-8-15(25-9-13)21(32)28(3)4/h5-7,11-17,25H,8-10,24H2,1-4H3,(H,27,31)(H,34,35)/t11?,12-,13?,14?,15?,16-,17+/m1/s1. The van der Waals surface area contributed by atoms with Gasteiger partial charge in [0.15, 0.2) is 0 Å². The second-order valence-electron chi connectivity index (χ2n) is 9.83. The molecule has 13 heteroatoms. The predicted molar refractivity (Wildman–Crippen MR) is 132 cm³/mol. The first-order chi connectivity index (χ1) is 17.0. The number of nitrogens with two attached hydrogens (primary N) is 1. The van der Waals surface area contributed by atoms with Crippen LogP contribution in [0.5, 0.6) is 0 Å². The van der Waals surface area contributed by atoms with Gasteiger partial charge < -0.3 is 31.3 Å². The van der Waals surface area contributed by atoms with E-state index in [1.54, 1.807) is 44.2 Å². The summed E-state index contributed by atoms with van der Waals surface area (Å²) < 4.78 is 1.56. The van der Waals surface area contributed by atoms with Crippen molar-refractivity contribution in [3.8, 4) is 0 Å². The number of nitrogens with zero attached hydrogens (tertiary/aromatic N) is 4. The Morgan fingerprint density at radius 3 is 2.72 bits per heavy atom. The van der Waals surface area contributed by atoms with Gasteiger partial charge in [-0.05, 0) is 19.4 Å². The van der Waals surface area contributed by atoms with Gasteiger partial charge in [-0.15, -0.1) is 11.8 Å². The van der Waals surface area contributed by atoms with Crippen LogP contribution in [0.15, 0.2) is 29.1 Å². The lowest BCUT2D eigenvalue weighted by Crippen LogP contribution is -2.66. The number of rotatable bonds is 9. The van der Waals surface area contributed by atoms with Crippen LogP contribution in [0.4, 0.5) is 0 Å². The smallest absolute Gasteiger partial charge is 0.353 e. The van der Waals surface area contributed by atoms with Crippen LogP contribution in [0.2, 0.25) is 0 Å². The van der Waals surface area contributed by atoms with Gasteiger partial charge >= 0.3 is 5.97 Å². The summed E-state index contributed by atoms with van der Waals surface area (Å²) in [5.74, 6) is -2.66. The average molecular weight is 520 g/mol. The summed E-state index contributed by atoms with van der Waals surface area (Å²) in [6, 6.07) is -0.299. The average Bonchev–Trinajstić information content (AvgIpc) is 3.54. The van der Waals surface area contributed by atoms with E-state index in [0.29, 0.717) is 17.9 Å². The van der Waals surface area contributed by atoms with Gasteiger partial charge in [-0.25, -0.2) is 4.79 Å². The van der Waals surface area contributed by atoms with Crippen molar-refractivity contribution in [3.05, 3.63) is 29.1 Å². The molecule has 0 aromatic carbocycles. The predicted octanol–water partition coefficient (Wildman–Crippen LogP) is -0.960. The first kappa shape index (κ1) is 26.2. The highest BCUT2D eigenvalue weighted by Gasteiger charge is 2.60. The molecule has 1 aromatic rings. The SMILES string of the molecule is CC1C(SC2CNC(C(=O)N(C)C)C2)=C(C(=O)O)N2C(=O)[C@H]([C@@H](C)NC(=O)C(N)Cn3cccn3)[C@H]12. The van der Waals surface area contributed by atoms with Crippen LogP contribution < -0.4 is 16.4 Å². The molecule has 5 N–H and O–H groups in total. The number of thioether (sulfide) groups is 1. The van der Waals surface area contributed by atoms with Gasteiger partial charge in [0.2, 0.25) is 17.7 Å². The van der Waals surface area contributed by atoms with Crippen molar-refractivity contribution in [3.63, 3.8) is 0 Å². The molecule has 0 spiro atoms. The number of carboxylic acid groups (broad SMARTS) is 1. The molecule has 36 heavy (non-hydrogen) atoms. The second-order valence-corrected chi connectivity index (χ2v) is 11.2. The van der Waals surface area contributed by atoms with Crippen LogP contribution in [-0.4, -0.2) is 98.4 Å². The van der Waals surface area contributed by atoms with E-state index in [0.717, 1.165) is 0 Å². The molecule has 0 bridgehead atoms. The van der Waals surface area contributed by atoms with Gasteiger partial charge in [-0.3, -0.25) is 19.1 Å². The van der Waals surface area contributed by atoms with Gasteiger partial charge in [-0.2, -0.15) is 5.10 Å². The summed E-state index contributed by atoms with van der Waals surface area (Å²) in [5.41, 5.74) is 6.03. The Bertz CT molecular complexity index is 1070. The molecule has 3 aliphatic heterocycles. The van der Waals surface area contributed by atoms with Crippen LogP contribution in [0.25, 0.3) is 0 Å². The van der Waals surface area contributed by atoms with E-state index in [-0.39, 0.29) is 47.3 Å². The highest BCUT2D eigenvalue weighted by Crippen LogP contribution is 2.51. The normalized spacial score (nSPS) is 29.0. The molecule has 4 rings (SSSR count). The fourth-order valence-corrected chi connectivity index (χ4v) is 6.76. The fraction of sp³-hybridized carbons (Fsp3) is 0.609. The number of likely N-dealkylation sites (N-methyl/N-ethyl adjacent to an activating group) is 1. The molecule has 3 aliphatic rings. The molecule has 12 nitrogen and oxygen atoms in total. The molecule has 3 amide bonds. The van der Waals surface area contributed by atoms with E-state index in [2.05, 4.69) is 15.7 Å². The lowest BCUT2D eigenvalue weighted by molar-refractivity contribution is -0.158. The van der Waals surface area contributed by atoms with Gasteiger partial charge in [0.1, 0.15) is 11.7 Å². The quantitative estimate of drug-likeness (QED) is 0.301. The van der Waals surface area contributed by atoms with E-state index in [1.165, 1.54) is 21.6 Å². The minimum Gasteiger partial charge on any atom is -0.477 e. The highest BCUT2D eigenvalue weighted by atomic mass is 32.2. The van der Waals surface area contributed by atoms with Crippen LogP contribution in [0.1, 0.15) is 20.3 Å². The largest absolute Gasteiger partial charge is 0.477 e. The number of aliphatic carboxylic acids is 1. The molecule has 0 saturated carbocycles. The van der Waals surface area contributed by atoms with Crippen molar-refractivity contribution in [1.29, 1.82) is 0 Å². The fourth-order valence-electron chi connectivity index (χ4n) is 5.28. The van der Waals surface area contributed by atoms with Crippen molar-refractivity contribution < 1.29 is 24.3 Å². The summed E-state index contributed by atoms with van der Waals surface area (Å²) >= 11 is 1.43. The van der Waals surface area contributed by atoms with Crippen molar-refractivity contribution in [2.24, 2.45) is 17.6 Å². The minimum absolute atomic E-state index is 0.00930. The number of hydrogen-bond acceptors (Lipinski definition) is 8.